The van der Waals surface area contributed by atoms with Crippen LogP contribution in [0.4, 0.5) is 9.93 Å². The largest absolute Gasteiger partial charge is 0.444 e. The van der Waals surface area contributed by atoms with Gasteiger partial charge in [-0.2, -0.15) is 0 Å². The van der Waals surface area contributed by atoms with Crippen LogP contribution in [0.25, 0.3) is 17.3 Å². The number of alkyl carbamates (subject to hydrolysis) is 1. The SMILES string of the molecule is CCOC[C@H](NC(=O)OC(C)(C)C)C(=O)Nc1nc(-c2ccc3c(c2)C(=O)CCC(CC)C=C3)cs1. The lowest BCUT2D eigenvalue weighted by atomic mass is 9.89. The fourth-order valence-electron chi connectivity index (χ4n) is 3.75. The molecule has 1 unspecified atom stereocenters. The Hall–Kier alpha value is -3.04. The fraction of sp³-hybridized carbons (Fsp3) is 0.481. The number of fused-ring (bicyclic) bond motifs is 1. The Morgan fingerprint density at radius 1 is 1.25 bits per heavy atom. The number of thiazole rings is 1. The molecule has 2 atom stereocenters. The number of carbonyl (C=O) groups excluding carboxylic acids is 3. The first kappa shape index (κ1) is 27.5. The zero-order valence-electron chi connectivity index (χ0n) is 21.6. The number of anilines is 1. The van der Waals surface area contributed by atoms with Crippen molar-refractivity contribution in [1.82, 2.24) is 10.3 Å². The summed E-state index contributed by atoms with van der Waals surface area (Å²) in [5, 5.41) is 7.52. The molecule has 0 spiro atoms. The van der Waals surface area contributed by atoms with Gasteiger partial charge in [0.05, 0.1) is 12.3 Å². The number of carbonyl (C=O) groups is 3. The zero-order chi connectivity index (χ0) is 26.3. The number of rotatable bonds is 8. The van der Waals surface area contributed by atoms with E-state index < -0.39 is 23.6 Å². The number of nitrogens with one attached hydrogen (secondary N) is 2. The lowest BCUT2D eigenvalue weighted by Gasteiger charge is -2.23. The molecule has 9 heteroatoms. The number of Topliss-reactive ketones (excluding diaryl/α,β-unsaturated/α-hetero) is 1. The van der Waals surface area contributed by atoms with Crippen LogP contribution in [0.1, 0.15) is 69.8 Å². The van der Waals surface area contributed by atoms with Crippen molar-refractivity contribution in [3.05, 3.63) is 40.8 Å². The van der Waals surface area contributed by atoms with Crippen molar-refractivity contribution in [3.63, 3.8) is 0 Å². The summed E-state index contributed by atoms with van der Waals surface area (Å²) in [6.45, 7) is 9.58. The summed E-state index contributed by atoms with van der Waals surface area (Å²) in [6, 6.07) is 4.80. The average molecular weight is 514 g/mol. The fourth-order valence-corrected chi connectivity index (χ4v) is 4.48. The van der Waals surface area contributed by atoms with Gasteiger partial charge in [0.25, 0.3) is 5.91 Å². The molecule has 0 saturated heterocycles. The number of amides is 2. The molecule has 3 rings (SSSR count). The molecule has 2 amide bonds. The number of nitrogens with zero attached hydrogens (tertiary/aromatic N) is 1. The van der Waals surface area contributed by atoms with Gasteiger partial charge in [-0.3, -0.25) is 9.59 Å². The Kier molecular flexibility index (Phi) is 9.39. The molecule has 1 aliphatic rings. The van der Waals surface area contributed by atoms with Crippen molar-refractivity contribution in [2.45, 2.75) is 65.5 Å². The number of hydrogen-bond donors (Lipinski definition) is 2. The molecule has 194 valence electrons. The maximum Gasteiger partial charge on any atom is 0.408 e. The molecule has 1 aliphatic carbocycles. The summed E-state index contributed by atoms with van der Waals surface area (Å²) in [5.74, 6) is 0.0902. The van der Waals surface area contributed by atoms with Crippen LogP contribution in [0.5, 0.6) is 0 Å². The maximum absolute atomic E-state index is 12.9. The highest BCUT2D eigenvalue weighted by Gasteiger charge is 2.25. The molecule has 0 fully saturated rings. The van der Waals surface area contributed by atoms with Gasteiger partial charge in [-0.05, 0) is 58.1 Å². The van der Waals surface area contributed by atoms with Crippen LogP contribution in [0.15, 0.2) is 29.7 Å². The summed E-state index contributed by atoms with van der Waals surface area (Å²) in [7, 11) is 0. The Bertz CT molecular complexity index is 1120. The van der Waals surface area contributed by atoms with Gasteiger partial charge in [-0.15, -0.1) is 11.3 Å². The number of allylic oxidation sites excluding steroid dienone is 1. The van der Waals surface area contributed by atoms with Gasteiger partial charge in [-0.1, -0.05) is 31.2 Å². The van der Waals surface area contributed by atoms with Crippen LogP contribution >= 0.6 is 11.3 Å². The molecule has 1 aromatic heterocycles. The van der Waals surface area contributed by atoms with Gasteiger partial charge in [0.1, 0.15) is 11.6 Å². The maximum atomic E-state index is 12.9. The van der Waals surface area contributed by atoms with E-state index in [1.807, 2.05) is 29.7 Å². The Labute approximate surface area is 216 Å². The second-order valence-electron chi connectivity index (χ2n) is 9.68. The molecule has 2 N–H and O–H groups in total. The van der Waals surface area contributed by atoms with Crippen LogP contribution in [0.2, 0.25) is 0 Å². The highest BCUT2D eigenvalue weighted by atomic mass is 32.1. The normalized spacial score (nSPS) is 16.5. The van der Waals surface area contributed by atoms with E-state index in [4.69, 9.17) is 9.47 Å². The van der Waals surface area contributed by atoms with Crippen molar-refractivity contribution >= 4 is 40.3 Å². The van der Waals surface area contributed by atoms with E-state index >= 15 is 0 Å². The topological polar surface area (TPSA) is 107 Å². The van der Waals surface area contributed by atoms with E-state index in [1.165, 1.54) is 11.3 Å². The number of ketones is 1. The molecule has 0 aliphatic heterocycles. The quantitative estimate of drug-likeness (QED) is 0.469. The van der Waals surface area contributed by atoms with Crippen molar-refractivity contribution in [1.29, 1.82) is 0 Å². The van der Waals surface area contributed by atoms with Gasteiger partial charge >= 0.3 is 6.09 Å². The minimum Gasteiger partial charge on any atom is -0.444 e. The van der Waals surface area contributed by atoms with Gasteiger partial charge in [0.2, 0.25) is 0 Å². The van der Waals surface area contributed by atoms with E-state index in [0.29, 0.717) is 35.3 Å². The predicted molar refractivity (Wildman–Crippen MR) is 142 cm³/mol. The molecular weight excluding hydrogens is 478 g/mol. The lowest BCUT2D eigenvalue weighted by molar-refractivity contribution is -0.119. The van der Waals surface area contributed by atoms with Crippen LogP contribution in [0.3, 0.4) is 0 Å². The zero-order valence-corrected chi connectivity index (χ0v) is 22.4. The number of hydrogen-bond acceptors (Lipinski definition) is 7. The lowest BCUT2D eigenvalue weighted by Crippen LogP contribution is -2.48. The molecule has 0 saturated carbocycles. The molecular formula is C27H35N3O5S. The number of benzene rings is 1. The summed E-state index contributed by atoms with van der Waals surface area (Å²) >= 11 is 1.27. The summed E-state index contributed by atoms with van der Waals surface area (Å²) in [4.78, 5) is 42.4. The molecule has 0 bridgehead atoms. The van der Waals surface area contributed by atoms with Crippen LogP contribution in [-0.4, -0.2) is 47.6 Å². The van der Waals surface area contributed by atoms with E-state index in [9.17, 15) is 14.4 Å². The Morgan fingerprint density at radius 2 is 2.03 bits per heavy atom. The molecule has 1 aromatic carbocycles. The van der Waals surface area contributed by atoms with Crippen molar-refractivity contribution in [2.24, 2.45) is 5.92 Å². The van der Waals surface area contributed by atoms with Crippen molar-refractivity contribution < 1.29 is 23.9 Å². The van der Waals surface area contributed by atoms with Crippen molar-refractivity contribution in [2.75, 3.05) is 18.5 Å². The van der Waals surface area contributed by atoms with E-state index in [1.54, 1.807) is 27.7 Å². The first-order chi connectivity index (χ1) is 17.1. The smallest absolute Gasteiger partial charge is 0.408 e. The number of aromatic nitrogens is 1. The third-order valence-corrected chi connectivity index (χ3v) is 6.45. The van der Waals surface area contributed by atoms with Crippen LogP contribution in [0, 0.1) is 5.92 Å². The van der Waals surface area contributed by atoms with Gasteiger partial charge < -0.3 is 20.1 Å². The first-order valence-electron chi connectivity index (χ1n) is 12.3. The van der Waals surface area contributed by atoms with E-state index in [0.717, 1.165) is 24.0 Å². The Morgan fingerprint density at radius 3 is 2.72 bits per heavy atom. The molecule has 2 aromatic rings. The summed E-state index contributed by atoms with van der Waals surface area (Å²) in [6.07, 6.45) is 5.90. The highest BCUT2D eigenvalue weighted by molar-refractivity contribution is 7.14. The van der Waals surface area contributed by atoms with E-state index in [2.05, 4.69) is 28.6 Å². The first-order valence-corrected chi connectivity index (χ1v) is 13.2. The molecule has 0 radical (unpaired) electrons. The minimum absolute atomic E-state index is 0.000845. The minimum atomic E-state index is -0.945. The average Bonchev–Trinajstić information content (AvgIpc) is 3.27. The second kappa shape index (κ2) is 12.3. The molecule has 8 nitrogen and oxygen atoms in total. The van der Waals surface area contributed by atoms with E-state index in [-0.39, 0.29) is 12.4 Å². The van der Waals surface area contributed by atoms with Crippen molar-refractivity contribution in [3.8, 4) is 11.3 Å². The third-order valence-electron chi connectivity index (χ3n) is 5.69. The summed E-state index contributed by atoms with van der Waals surface area (Å²) < 4.78 is 10.6. The standard InChI is InChI=1S/C27H35N3O5S/c1-6-17-8-10-18-11-12-19(14-20(18)23(31)13-9-17)22-16-36-25(28-22)30-24(32)21(15-34-7-2)29-26(33)35-27(3,4)5/h8,10-12,14,16-17,21H,6-7,9,13,15H2,1-5H3,(H,29,33)(H,28,30,32)/t17?,21-/m0/s1. The second-order valence-corrected chi connectivity index (χ2v) is 10.5. The Balaban J connectivity index is 1.74. The van der Waals surface area contributed by atoms with Crippen LogP contribution in [-0.2, 0) is 14.3 Å². The molecule has 1 heterocycles. The predicted octanol–water partition coefficient (Wildman–Crippen LogP) is 5.69. The highest BCUT2D eigenvalue weighted by Crippen LogP contribution is 2.30. The van der Waals surface area contributed by atoms with Gasteiger partial charge in [-0.25, -0.2) is 9.78 Å². The van der Waals surface area contributed by atoms with Gasteiger partial charge in [0, 0.05) is 29.5 Å². The van der Waals surface area contributed by atoms with Crippen LogP contribution < -0.4 is 10.6 Å². The monoisotopic (exact) mass is 513 g/mol. The third kappa shape index (κ3) is 7.73. The number of ether oxygens (including phenoxy) is 2. The summed E-state index contributed by atoms with van der Waals surface area (Å²) in [5.41, 5.74) is 2.37. The van der Waals surface area contributed by atoms with Gasteiger partial charge in [0.15, 0.2) is 10.9 Å². The molecule has 36 heavy (non-hydrogen) atoms.